The highest BCUT2D eigenvalue weighted by atomic mass is 16.3. The van der Waals surface area contributed by atoms with Crippen LogP contribution in [0.5, 0.6) is 0 Å². The van der Waals surface area contributed by atoms with Crippen molar-refractivity contribution in [2.24, 2.45) is 0 Å². The first-order valence-electron chi connectivity index (χ1n) is 6.82. The summed E-state index contributed by atoms with van der Waals surface area (Å²) in [5.41, 5.74) is -0.192. The van der Waals surface area contributed by atoms with Crippen LogP contribution in [0, 0.1) is 0 Å². The maximum Gasteiger partial charge on any atom is 0.258 e. The Hall–Kier alpha value is -1.72. The van der Waals surface area contributed by atoms with E-state index >= 15 is 0 Å². The first-order chi connectivity index (χ1) is 9.39. The number of aromatic amines is 1. The molecular formula is C15H21N3O2. The number of aromatic nitrogens is 2. The number of rotatable bonds is 5. The molecule has 5 heteroatoms. The lowest BCUT2D eigenvalue weighted by Crippen LogP contribution is -2.38. The minimum atomic E-state index is -0.771. The second kappa shape index (κ2) is 5.73. The zero-order valence-electron chi connectivity index (χ0n) is 12.2. The predicted molar refractivity (Wildman–Crippen MR) is 79.6 cm³/mol. The molecule has 1 aromatic heterocycles. The van der Waals surface area contributed by atoms with E-state index in [-0.39, 0.29) is 5.56 Å². The van der Waals surface area contributed by atoms with Gasteiger partial charge in [-0.3, -0.25) is 9.69 Å². The Balaban J connectivity index is 2.27. The molecule has 2 N–H and O–H groups in total. The number of nitrogens with zero attached hydrogens (tertiary/aromatic N) is 2. The third kappa shape index (κ3) is 3.65. The molecule has 0 saturated carbocycles. The van der Waals surface area contributed by atoms with Gasteiger partial charge in [0.15, 0.2) is 0 Å². The summed E-state index contributed by atoms with van der Waals surface area (Å²) in [6.45, 7) is 7.38. The fourth-order valence-corrected chi connectivity index (χ4v) is 2.25. The molecule has 5 nitrogen and oxygen atoms in total. The summed E-state index contributed by atoms with van der Waals surface area (Å²) in [5, 5.41) is 10.5. The topological polar surface area (TPSA) is 69.2 Å². The number of fused-ring (bicyclic) bond motifs is 1. The number of aliphatic hydroxyl groups is 1. The average Bonchev–Trinajstić information content (AvgIpc) is 2.36. The van der Waals surface area contributed by atoms with Crippen molar-refractivity contribution in [1.82, 2.24) is 14.9 Å². The molecule has 2 aromatic rings. The maximum absolute atomic E-state index is 12.0. The molecule has 20 heavy (non-hydrogen) atoms. The summed E-state index contributed by atoms with van der Waals surface area (Å²) in [7, 11) is 0. The zero-order valence-corrected chi connectivity index (χ0v) is 12.2. The molecule has 0 fully saturated rings. The third-order valence-corrected chi connectivity index (χ3v) is 3.09. The molecule has 1 aromatic carbocycles. The number of hydrogen-bond donors (Lipinski definition) is 2. The van der Waals surface area contributed by atoms with E-state index in [1.165, 1.54) is 0 Å². The molecular weight excluding hydrogens is 254 g/mol. The van der Waals surface area contributed by atoms with Crippen LogP contribution in [0.3, 0.4) is 0 Å². The van der Waals surface area contributed by atoms with Crippen LogP contribution in [0.15, 0.2) is 29.1 Å². The molecule has 1 heterocycles. The molecule has 0 radical (unpaired) electrons. The SMILES string of the molecule is CCN(Cc1nc2ccccc2c(=O)[nH]1)CC(C)(C)O. The molecule has 0 atom stereocenters. The van der Waals surface area contributed by atoms with Crippen LogP contribution < -0.4 is 5.56 Å². The summed E-state index contributed by atoms with van der Waals surface area (Å²) in [5.74, 6) is 0.625. The monoisotopic (exact) mass is 275 g/mol. The van der Waals surface area contributed by atoms with E-state index in [1.807, 2.05) is 30.0 Å². The minimum absolute atomic E-state index is 0.120. The van der Waals surface area contributed by atoms with Gasteiger partial charge < -0.3 is 10.1 Å². The number of para-hydroxylation sites is 1. The van der Waals surface area contributed by atoms with Gasteiger partial charge in [-0.25, -0.2) is 4.98 Å². The average molecular weight is 275 g/mol. The number of H-pyrrole nitrogens is 1. The van der Waals surface area contributed by atoms with Gasteiger partial charge in [0.2, 0.25) is 0 Å². The van der Waals surface area contributed by atoms with Crippen LogP contribution in [0.4, 0.5) is 0 Å². The summed E-state index contributed by atoms with van der Waals surface area (Å²) < 4.78 is 0. The van der Waals surface area contributed by atoms with Crippen LogP contribution in [0.2, 0.25) is 0 Å². The number of hydrogen-bond acceptors (Lipinski definition) is 4. The van der Waals surface area contributed by atoms with Gasteiger partial charge in [0.05, 0.1) is 23.0 Å². The quantitative estimate of drug-likeness (QED) is 0.868. The van der Waals surface area contributed by atoms with Crippen molar-refractivity contribution in [3.8, 4) is 0 Å². The van der Waals surface area contributed by atoms with Crippen molar-refractivity contribution < 1.29 is 5.11 Å². The molecule has 0 unspecified atom stereocenters. The standard InChI is InChI=1S/C15H21N3O2/c1-4-18(10-15(2,3)20)9-13-16-12-8-6-5-7-11(12)14(19)17-13/h5-8,20H,4,9-10H2,1-3H3,(H,16,17,19). The van der Waals surface area contributed by atoms with Gasteiger partial charge >= 0.3 is 0 Å². The van der Waals surface area contributed by atoms with Crippen molar-refractivity contribution in [1.29, 1.82) is 0 Å². The van der Waals surface area contributed by atoms with Gasteiger partial charge in [0.1, 0.15) is 5.82 Å². The number of likely N-dealkylation sites (N-methyl/N-ethyl adjacent to an activating group) is 1. The van der Waals surface area contributed by atoms with Gasteiger partial charge in [0, 0.05) is 6.54 Å². The summed E-state index contributed by atoms with van der Waals surface area (Å²) >= 11 is 0. The molecule has 2 rings (SSSR count). The number of nitrogens with one attached hydrogen (secondary N) is 1. The highest BCUT2D eigenvalue weighted by molar-refractivity contribution is 5.77. The van der Waals surface area contributed by atoms with E-state index < -0.39 is 5.60 Å². The van der Waals surface area contributed by atoms with E-state index in [1.54, 1.807) is 19.9 Å². The van der Waals surface area contributed by atoms with Crippen LogP contribution in [0.25, 0.3) is 10.9 Å². The fraction of sp³-hybridized carbons (Fsp3) is 0.467. The lowest BCUT2D eigenvalue weighted by molar-refractivity contribution is 0.0346. The molecule has 0 amide bonds. The predicted octanol–water partition coefficient (Wildman–Crippen LogP) is 1.52. The van der Waals surface area contributed by atoms with Crippen molar-refractivity contribution in [3.05, 3.63) is 40.4 Å². The smallest absolute Gasteiger partial charge is 0.258 e. The molecule has 0 aliphatic heterocycles. The third-order valence-electron chi connectivity index (χ3n) is 3.09. The highest BCUT2D eigenvalue weighted by Crippen LogP contribution is 2.09. The lowest BCUT2D eigenvalue weighted by Gasteiger charge is -2.27. The lowest BCUT2D eigenvalue weighted by atomic mass is 10.1. The minimum Gasteiger partial charge on any atom is -0.389 e. The normalized spacial score (nSPS) is 12.2. The second-order valence-corrected chi connectivity index (χ2v) is 5.65. The highest BCUT2D eigenvalue weighted by Gasteiger charge is 2.18. The van der Waals surface area contributed by atoms with Crippen molar-refractivity contribution >= 4 is 10.9 Å². The number of benzene rings is 1. The largest absolute Gasteiger partial charge is 0.389 e. The summed E-state index contributed by atoms with van der Waals surface area (Å²) in [4.78, 5) is 21.3. The summed E-state index contributed by atoms with van der Waals surface area (Å²) in [6, 6.07) is 7.29. The van der Waals surface area contributed by atoms with E-state index in [2.05, 4.69) is 9.97 Å². The fourth-order valence-electron chi connectivity index (χ4n) is 2.25. The van der Waals surface area contributed by atoms with E-state index in [0.717, 1.165) is 6.54 Å². The van der Waals surface area contributed by atoms with Crippen LogP contribution >= 0.6 is 0 Å². The van der Waals surface area contributed by atoms with E-state index in [9.17, 15) is 9.90 Å². The Bertz CT molecular complexity index is 643. The molecule has 0 saturated heterocycles. The Morgan fingerprint density at radius 1 is 1.35 bits per heavy atom. The Morgan fingerprint density at radius 3 is 2.70 bits per heavy atom. The first kappa shape index (κ1) is 14.7. The second-order valence-electron chi connectivity index (χ2n) is 5.65. The van der Waals surface area contributed by atoms with Crippen molar-refractivity contribution in [3.63, 3.8) is 0 Å². The Labute approximate surface area is 118 Å². The van der Waals surface area contributed by atoms with Gasteiger partial charge in [-0.1, -0.05) is 19.1 Å². The Kier molecular flexibility index (Phi) is 4.20. The van der Waals surface area contributed by atoms with Crippen LogP contribution in [-0.4, -0.2) is 38.7 Å². The molecule has 0 spiro atoms. The van der Waals surface area contributed by atoms with Gasteiger partial charge in [-0.05, 0) is 32.5 Å². The Morgan fingerprint density at radius 2 is 2.05 bits per heavy atom. The molecule has 0 aliphatic rings. The van der Waals surface area contributed by atoms with E-state index in [0.29, 0.717) is 29.8 Å². The van der Waals surface area contributed by atoms with Gasteiger partial charge in [-0.15, -0.1) is 0 Å². The van der Waals surface area contributed by atoms with Crippen molar-refractivity contribution in [2.75, 3.05) is 13.1 Å². The van der Waals surface area contributed by atoms with Crippen LogP contribution in [0.1, 0.15) is 26.6 Å². The maximum atomic E-state index is 12.0. The van der Waals surface area contributed by atoms with Crippen LogP contribution in [-0.2, 0) is 6.54 Å². The van der Waals surface area contributed by atoms with Gasteiger partial charge in [0.25, 0.3) is 5.56 Å². The van der Waals surface area contributed by atoms with E-state index in [4.69, 9.17) is 0 Å². The molecule has 0 aliphatic carbocycles. The first-order valence-corrected chi connectivity index (χ1v) is 6.82. The zero-order chi connectivity index (χ0) is 14.8. The van der Waals surface area contributed by atoms with Crippen molar-refractivity contribution in [2.45, 2.75) is 32.9 Å². The summed E-state index contributed by atoms with van der Waals surface area (Å²) in [6.07, 6.45) is 0. The molecule has 0 bridgehead atoms. The molecule has 108 valence electrons. The van der Waals surface area contributed by atoms with Gasteiger partial charge in [-0.2, -0.15) is 0 Å².